The van der Waals surface area contributed by atoms with E-state index in [9.17, 15) is 0 Å². The Balaban J connectivity index is 1.30. The molecule has 0 fully saturated rings. The van der Waals surface area contributed by atoms with Crippen molar-refractivity contribution in [2.75, 3.05) is 4.90 Å². The van der Waals surface area contributed by atoms with Gasteiger partial charge in [-0.05, 0) is 70.1 Å². The second-order valence-electron chi connectivity index (χ2n) is 10.5. The molecule has 0 N–H and O–H groups in total. The minimum Gasteiger partial charge on any atom is -0.455 e. The molecule has 0 saturated carbocycles. The van der Waals surface area contributed by atoms with Gasteiger partial charge >= 0.3 is 0 Å². The minimum atomic E-state index is 0.883. The highest BCUT2D eigenvalue weighted by molar-refractivity contribution is 6.19. The fraction of sp³-hybridized carbons (Fsp3) is 0. The summed E-state index contributed by atoms with van der Waals surface area (Å²) in [4.78, 5) is 2.33. The van der Waals surface area contributed by atoms with Crippen LogP contribution in [0.4, 0.5) is 17.1 Å². The van der Waals surface area contributed by atoms with E-state index in [2.05, 4.69) is 169 Å². The van der Waals surface area contributed by atoms with Crippen molar-refractivity contribution in [2.24, 2.45) is 0 Å². The van der Waals surface area contributed by atoms with Crippen molar-refractivity contribution in [1.82, 2.24) is 0 Å². The molecule has 0 saturated heterocycles. The number of furan rings is 1. The standard InChI is InChI=1S/C40H27NO/c1-3-12-28(13-4-1)33-17-9-10-18-34(33)30-22-25-32(26-23-30)41(31-15-5-2-6-16-31)37-20-11-21-38-39(37)36-27-24-29-14-7-8-19-35(29)40(36)42-38/h1-27H. The number of rotatable bonds is 5. The lowest BCUT2D eigenvalue weighted by atomic mass is 9.94. The minimum absolute atomic E-state index is 0.883. The van der Waals surface area contributed by atoms with E-state index in [1.807, 2.05) is 0 Å². The molecule has 8 aromatic rings. The number of hydrogen-bond acceptors (Lipinski definition) is 2. The zero-order valence-corrected chi connectivity index (χ0v) is 22.9. The van der Waals surface area contributed by atoms with Crippen molar-refractivity contribution in [3.05, 3.63) is 164 Å². The first-order chi connectivity index (χ1) is 20.8. The molecule has 0 aliphatic heterocycles. The normalized spacial score (nSPS) is 11.3. The van der Waals surface area contributed by atoms with Gasteiger partial charge in [0.1, 0.15) is 11.2 Å². The molecule has 42 heavy (non-hydrogen) atoms. The number of benzene rings is 7. The zero-order valence-electron chi connectivity index (χ0n) is 22.9. The van der Waals surface area contributed by atoms with Gasteiger partial charge in [0.05, 0.1) is 11.1 Å². The molecule has 2 nitrogen and oxygen atoms in total. The third kappa shape index (κ3) is 4.05. The second-order valence-corrected chi connectivity index (χ2v) is 10.5. The monoisotopic (exact) mass is 537 g/mol. The topological polar surface area (TPSA) is 16.4 Å². The number of nitrogens with zero attached hydrogens (tertiary/aromatic N) is 1. The summed E-state index contributed by atoms with van der Waals surface area (Å²) in [6.45, 7) is 0. The van der Waals surface area contributed by atoms with Crippen molar-refractivity contribution in [3.63, 3.8) is 0 Å². The Morgan fingerprint density at radius 2 is 1.02 bits per heavy atom. The Kier molecular flexibility index (Phi) is 5.82. The molecule has 0 aliphatic carbocycles. The average molecular weight is 538 g/mol. The van der Waals surface area contributed by atoms with Crippen molar-refractivity contribution >= 4 is 49.8 Å². The van der Waals surface area contributed by atoms with Gasteiger partial charge in [-0.3, -0.25) is 0 Å². The number of hydrogen-bond donors (Lipinski definition) is 0. The first-order valence-electron chi connectivity index (χ1n) is 14.3. The maximum Gasteiger partial charge on any atom is 0.143 e. The van der Waals surface area contributed by atoms with Gasteiger partial charge in [-0.2, -0.15) is 0 Å². The molecule has 0 atom stereocenters. The number of anilines is 3. The van der Waals surface area contributed by atoms with Crippen LogP contribution in [0.3, 0.4) is 0 Å². The Morgan fingerprint density at radius 1 is 0.405 bits per heavy atom. The summed E-state index contributed by atoms with van der Waals surface area (Å²) in [5, 5.41) is 4.54. The fourth-order valence-corrected chi connectivity index (χ4v) is 6.12. The molecule has 0 bridgehead atoms. The van der Waals surface area contributed by atoms with E-state index in [0.29, 0.717) is 0 Å². The van der Waals surface area contributed by atoms with Gasteiger partial charge in [0.15, 0.2) is 0 Å². The fourth-order valence-electron chi connectivity index (χ4n) is 6.12. The number of fused-ring (bicyclic) bond motifs is 5. The summed E-state index contributed by atoms with van der Waals surface area (Å²) in [5.41, 5.74) is 9.93. The SMILES string of the molecule is c1ccc(-c2ccccc2-c2ccc(N(c3ccccc3)c3cccc4oc5c6ccccc6ccc5c34)cc2)cc1. The van der Waals surface area contributed by atoms with Crippen molar-refractivity contribution < 1.29 is 4.42 Å². The van der Waals surface area contributed by atoms with Crippen LogP contribution < -0.4 is 4.90 Å². The Labute approximate surface area is 244 Å². The summed E-state index contributed by atoms with van der Waals surface area (Å²) < 4.78 is 6.53. The predicted molar refractivity (Wildman–Crippen MR) is 177 cm³/mol. The lowest BCUT2D eigenvalue weighted by molar-refractivity contribution is 0.672. The van der Waals surface area contributed by atoms with Gasteiger partial charge in [-0.25, -0.2) is 0 Å². The molecule has 0 amide bonds. The van der Waals surface area contributed by atoms with E-state index in [0.717, 1.165) is 44.4 Å². The van der Waals surface area contributed by atoms with E-state index in [-0.39, 0.29) is 0 Å². The van der Waals surface area contributed by atoms with Crippen LogP contribution in [0.1, 0.15) is 0 Å². The third-order valence-corrected chi connectivity index (χ3v) is 8.07. The zero-order chi connectivity index (χ0) is 27.9. The first-order valence-corrected chi connectivity index (χ1v) is 14.3. The van der Waals surface area contributed by atoms with Crippen molar-refractivity contribution in [2.45, 2.75) is 0 Å². The van der Waals surface area contributed by atoms with E-state index in [1.165, 1.54) is 27.6 Å². The molecular weight excluding hydrogens is 510 g/mol. The van der Waals surface area contributed by atoms with E-state index >= 15 is 0 Å². The highest BCUT2D eigenvalue weighted by atomic mass is 16.3. The molecule has 0 aliphatic rings. The first kappa shape index (κ1) is 24.2. The van der Waals surface area contributed by atoms with Crippen LogP contribution >= 0.6 is 0 Å². The molecule has 7 aromatic carbocycles. The van der Waals surface area contributed by atoms with Crippen molar-refractivity contribution in [1.29, 1.82) is 0 Å². The summed E-state index contributed by atoms with van der Waals surface area (Å²) in [6, 6.07) is 57.8. The quantitative estimate of drug-likeness (QED) is 0.217. The molecule has 0 unspecified atom stereocenters. The van der Waals surface area contributed by atoms with Gasteiger partial charge in [-0.1, -0.05) is 121 Å². The van der Waals surface area contributed by atoms with Crippen molar-refractivity contribution in [3.8, 4) is 22.3 Å². The van der Waals surface area contributed by atoms with Crippen LogP contribution in [0.2, 0.25) is 0 Å². The van der Waals surface area contributed by atoms with Gasteiger partial charge in [0.2, 0.25) is 0 Å². The lowest BCUT2D eigenvalue weighted by Gasteiger charge is -2.26. The maximum atomic E-state index is 6.53. The third-order valence-electron chi connectivity index (χ3n) is 8.07. The van der Waals surface area contributed by atoms with Crippen LogP contribution in [0.15, 0.2) is 168 Å². The van der Waals surface area contributed by atoms with Crippen LogP contribution in [0.25, 0.3) is 55.0 Å². The summed E-state index contributed by atoms with van der Waals surface area (Å²) >= 11 is 0. The van der Waals surface area contributed by atoms with Gasteiger partial charge in [0, 0.05) is 22.1 Å². The average Bonchev–Trinajstić information content (AvgIpc) is 3.46. The van der Waals surface area contributed by atoms with Crippen LogP contribution in [0, 0.1) is 0 Å². The summed E-state index contributed by atoms with van der Waals surface area (Å²) in [5.74, 6) is 0. The highest BCUT2D eigenvalue weighted by Crippen LogP contribution is 2.44. The molecule has 198 valence electrons. The molecule has 8 rings (SSSR count). The molecule has 1 heterocycles. The molecule has 0 spiro atoms. The Bertz CT molecular complexity index is 2180. The number of para-hydroxylation sites is 1. The van der Waals surface area contributed by atoms with Gasteiger partial charge < -0.3 is 9.32 Å². The Hall–Kier alpha value is -5.60. The summed E-state index contributed by atoms with van der Waals surface area (Å²) in [6.07, 6.45) is 0. The summed E-state index contributed by atoms with van der Waals surface area (Å²) in [7, 11) is 0. The Morgan fingerprint density at radius 3 is 1.79 bits per heavy atom. The maximum absolute atomic E-state index is 6.53. The van der Waals surface area contributed by atoms with Crippen LogP contribution in [-0.4, -0.2) is 0 Å². The van der Waals surface area contributed by atoms with Gasteiger partial charge in [0.25, 0.3) is 0 Å². The molecule has 1 aromatic heterocycles. The largest absolute Gasteiger partial charge is 0.455 e. The van der Waals surface area contributed by atoms with E-state index < -0.39 is 0 Å². The highest BCUT2D eigenvalue weighted by Gasteiger charge is 2.20. The predicted octanol–water partition coefficient (Wildman–Crippen LogP) is 11.5. The smallest absolute Gasteiger partial charge is 0.143 e. The molecule has 2 heteroatoms. The van der Waals surface area contributed by atoms with Gasteiger partial charge in [-0.15, -0.1) is 0 Å². The lowest BCUT2D eigenvalue weighted by Crippen LogP contribution is -2.10. The van der Waals surface area contributed by atoms with E-state index in [1.54, 1.807) is 0 Å². The van der Waals surface area contributed by atoms with Crippen LogP contribution in [-0.2, 0) is 0 Å². The van der Waals surface area contributed by atoms with Crippen LogP contribution in [0.5, 0.6) is 0 Å². The molecular formula is C40H27NO. The van der Waals surface area contributed by atoms with E-state index in [4.69, 9.17) is 4.42 Å². The second kappa shape index (κ2) is 10.1. The molecule has 0 radical (unpaired) electrons.